The molecule has 23 heavy (non-hydrogen) atoms. The predicted octanol–water partition coefficient (Wildman–Crippen LogP) is 3.21. The van der Waals surface area contributed by atoms with Crippen LogP contribution in [0.1, 0.15) is 22.6 Å². The molecule has 0 aliphatic carbocycles. The minimum absolute atomic E-state index is 0.503. The second kappa shape index (κ2) is 6.06. The maximum Gasteiger partial charge on any atom is 0.122 e. The van der Waals surface area contributed by atoms with Crippen molar-refractivity contribution in [3.05, 3.63) is 65.2 Å². The van der Waals surface area contributed by atoms with Gasteiger partial charge in [0.2, 0.25) is 0 Å². The van der Waals surface area contributed by atoms with E-state index in [0.717, 1.165) is 44.0 Å². The first-order valence-corrected chi connectivity index (χ1v) is 8.26. The summed E-state index contributed by atoms with van der Waals surface area (Å²) < 4.78 is 5.91. The molecular formula is C20H20N2O. The average Bonchev–Trinajstić information content (AvgIpc) is 3.04. The van der Waals surface area contributed by atoms with Crippen molar-refractivity contribution in [2.75, 3.05) is 26.2 Å². The van der Waals surface area contributed by atoms with E-state index < -0.39 is 0 Å². The number of rotatable bonds is 3. The largest absolute Gasteiger partial charge is 0.493 e. The van der Waals surface area contributed by atoms with Gasteiger partial charge >= 0.3 is 0 Å². The lowest BCUT2D eigenvalue weighted by atomic mass is 9.86. The monoisotopic (exact) mass is 304 g/mol. The summed E-state index contributed by atoms with van der Waals surface area (Å²) in [5.74, 6) is 2.02. The molecule has 0 bridgehead atoms. The molecule has 2 aromatic carbocycles. The van der Waals surface area contributed by atoms with Crippen LogP contribution in [-0.4, -0.2) is 31.1 Å². The van der Waals surface area contributed by atoms with Crippen molar-refractivity contribution in [3.8, 4) is 11.8 Å². The van der Waals surface area contributed by atoms with Crippen LogP contribution in [0.3, 0.4) is 0 Å². The molecule has 3 nitrogen and oxygen atoms in total. The van der Waals surface area contributed by atoms with Crippen LogP contribution in [0.4, 0.5) is 0 Å². The first-order valence-electron chi connectivity index (χ1n) is 8.26. The topological polar surface area (TPSA) is 36.3 Å². The van der Waals surface area contributed by atoms with Crippen LogP contribution in [0.25, 0.3) is 0 Å². The summed E-state index contributed by atoms with van der Waals surface area (Å²) in [6.45, 7) is 4.05. The number of benzene rings is 2. The van der Waals surface area contributed by atoms with Gasteiger partial charge in [0.05, 0.1) is 18.2 Å². The fraction of sp³-hybridized carbons (Fsp3) is 0.350. The quantitative estimate of drug-likeness (QED) is 0.873. The van der Waals surface area contributed by atoms with Crippen molar-refractivity contribution in [1.82, 2.24) is 4.90 Å². The van der Waals surface area contributed by atoms with E-state index in [0.29, 0.717) is 11.8 Å². The second-order valence-electron chi connectivity index (χ2n) is 6.54. The summed E-state index contributed by atoms with van der Waals surface area (Å²) in [4.78, 5) is 2.54. The Morgan fingerprint density at radius 2 is 2.00 bits per heavy atom. The standard InChI is InChI=1S/C20H20N2O/c21-11-16-6-7-20-18(10-16)19-13-22(12-17(19)14-23-20)9-8-15-4-2-1-3-5-15/h1-7,10,17,19H,8-9,12-14H2. The first-order chi connectivity index (χ1) is 11.3. The normalized spacial score (nSPS) is 22.7. The van der Waals surface area contributed by atoms with Gasteiger partial charge in [-0.05, 0) is 30.2 Å². The van der Waals surface area contributed by atoms with E-state index >= 15 is 0 Å². The highest BCUT2D eigenvalue weighted by molar-refractivity contribution is 5.46. The smallest absolute Gasteiger partial charge is 0.122 e. The van der Waals surface area contributed by atoms with Gasteiger partial charge in [0.1, 0.15) is 5.75 Å². The Kier molecular flexibility index (Phi) is 3.77. The molecule has 2 unspecified atom stereocenters. The van der Waals surface area contributed by atoms with Crippen LogP contribution in [0.15, 0.2) is 48.5 Å². The Hall–Kier alpha value is -2.31. The fourth-order valence-electron chi connectivity index (χ4n) is 3.83. The van der Waals surface area contributed by atoms with Crippen LogP contribution in [0, 0.1) is 17.2 Å². The highest BCUT2D eigenvalue weighted by Gasteiger charge is 2.38. The minimum atomic E-state index is 0.503. The van der Waals surface area contributed by atoms with Crippen molar-refractivity contribution in [2.24, 2.45) is 5.92 Å². The van der Waals surface area contributed by atoms with Crippen molar-refractivity contribution < 1.29 is 4.74 Å². The van der Waals surface area contributed by atoms with E-state index in [-0.39, 0.29) is 0 Å². The van der Waals surface area contributed by atoms with Crippen LogP contribution >= 0.6 is 0 Å². The summed E-state index contributed by atoms with van der Waals surface area (Å²) in [5, 5.41) is 9.14. The Morgan fingerprint density at radius 1 is 1.13 bits per heavy atom. The summed E-state index contributed by atoms with van der Waals surface area (Å²) in [5.41, 5.74) is 3.35. The van der Waals surface area contributed by atoms with Crippen LogP contribution in [-0.2, 0) is 6.42 Å². The van der Waals surface area contributed by atoms with E-state index in [1.54, 1.807) is 0 Å². The number of hydrogen-bond donors (Lipinski definition) is 0. The van der Waals surface area contributed by atoms with Gasteiger partial charge in [0.25, 0.3) is 0 Å². The zero-order chi connectivity index (χ0) is 15.6. The number of fused-ring (bicyclic) bond motifs is 3. The molecule has 0 spiro atoms. The Balaban J connectivity index is 1.47. The predicted molar refractivity (Wildman–Crippen MR) is 89.5 cm³/mol. The van der Waals surface area contributed by atoms with E-state index in [1.807, 2.05) is 18.2 Å². The lowest BCUT2D eigenvalue weighted by molar-refractivity contribution is 0.213. The van der Waals surface area contributed by atoms with Gasteiger partial charge < -0.3 is 9.64 Å². The Morgan fingerprint density at radius 3 is 2.83 bits per heavy atom. The molecule has 4 rings (SSSR count). The van der Waals surface area contributed by atoms with Crippen molar-refractivity contribution in [1.29, 1.82) is 5.26 Å². The molecule has 0 aromatic heterocycles. The summed E-state index contributed by atoms with van der Waals surface area (Å²) in [6.07, 6.45) is 1.09. The maximum absolute atomic E-state index is 9.14. The van der Waals surface area contributed by atoms with E-state index in [2.05, 4.69) is 41.3 Å². The number of nitriles is 1. The number of hydrogen-bond acceptors (Lipinski definition) is 3. The van der Waals surface area contributed by atoms with Gasteiger partial charge in [-0.3, -0.25) is 0 Å². The zero-order valence-corrected chi connectivity index (χ0v) is 13.1. The van der Waals surface area contributed by atoms with Gasteiger partial charge in [0.15, 0.2) is 0 Å². The van der Waals surface area contributed by atoms with Crippen molar-refractivity contribution in [2.45, 2.75) is 12.3 Å². The van der Waals surface area contributed by atoms with Crippen LogP contribution < -0.4 is 4.74 Å². The lowest BCUT2D eigenvalue weighted by Gasteiger charge is -2.27. The summed E-state index contributed by atoms with van der Waals surface area (Å²) >= 11 is 0. The molecule has 2 aliphatic heterocycles. The first kappa shape index (κ1) is 14.3. The highest BCUT2D eigenvalue weighted by Crippen LogP contribution is 2.41. The summed E-state index contributed by atoms with van der Waals surface area (Å²) in [7, 11) is 0. The van der Waals surface area contributed by atoms with Gasteiger partial charge in [-0.2, -0.15) is 5.26 Å². The Labute approximate surface area is 137 Å². The van der Waals surface area contributed by atoms with E-state index in [4.69, 9.17) is 10.00 Å². The number of likely N-dealkylation sites (tertiary alicyclic amines) is 1. The molecular weight excluding hydrogens is 284 g/mol. The number of ether oxygens (including phenoxy) is 1. The third kappa shape index (κ3) is 2.83. The number of nitrogens with zero attached hydrogens (tertiary/aromatic N) is 2. The molecule has 0 amide bonds. The molecule has 2 aromatic rings. The van der Waals surface area contributed by atoms with Gasteiger partial charge in [0, 0.05) is 37.0 Å². The molecule has 2 heterocycles. The maximum atomic E-state index is 9.14. The fourth-order valence-corrected chi connectivity index (χ4v) is 3.83. The second-order valence-corrected chi connectivity index (χ2v) is 6.54. The molecule has 0 saturated carbocycles. The third-order valence-electron chi connectivity index (χ3n) is 5.07. The SMILES string of the molecule is N#Cc1ccc2c(c1)C1CN(CCc3ccccc3)CC1CO2. The molecule has 2 aliphatic rings. The molecule has 2 atom stereocenters. The lowest BCUT2D eigenvalue weighted by Crippen LogP contribution is -2.25. The van der Waals surface area contributed by atoms with Crippen molar-refractivity contribution >= 4 is 0 Å². The highest BCUT2D eigenvalue weighted by atomic mass is 16.5. The Bertz CT molecular complexity index is 735. The molecule has 1 saturated heterocycles. The van der Waals surface area contributed by atoms with Crippen LogP contribution in [0.2, 0.25) is 0 Å². The van der Waals surface area contributed by atoms with E-state index in [1.165, 1.54) is 11.1 Å². The van der Waals surface area contributed by atoms with E-state index in [9.17, 15) is 0 Å². The van der Waals surface area contributed by atoms with Crippen LogP contribution in [0.5, 0.6) is 5.75 Å². The minimum Gasteiger partial charge on any atom is -0.493 e. The van der Waals surface area contributed by atoms with Crippen molar-refractivity contribution in [3.63, 3.8) is 0 Å². The van der Waals surface area contributed by atoms with Gasteiger partial charge in [-0.15, -0.1) is 0 Å². The molecule has 1 fully saturated rings. The van der Waals surface area contributed by atoms with Gasteiger partial charge in [-0.25, -0.2) is 0 Å². The third-order valence-corrected chi connectivity index (χ3v) is 5.07. The molecule has 3 heteroatoms. The molecule has 116 valence electrons. The summed E-state index contributed by atoms with van der Waals surface area (Å²) in [6, 6.07) is 18.7. The molecule has 0 N–H and O–H groups in total. The molecule has 0 radical (unpaired) electrons. The van der Waals surface area contributed by atoms with Gasteiger partial charge in [-0.1, -0.05) is 30.3 Å². The zero-order valence-electron chi connectivity index (χ0n) is 13.1. The average molecular weight is 304 g/mol.